The molecule has 3 rings (SSSR count). The second kappa shape index (κ2) is 9.05. The van der Waals surface area contributed by atoms with Crippen LogP contribution in [0.25, 0.3) is 0 Å². The van der Waals surface area contributed by atoms with Gasteiger partial charge in [0.05, 0.1) is 13.7 Å². The van der Waals surface area contributed by atoms with Crippen LogP contribution >= 0.6 is 0 Å². The maximum Gasteiger partial charge on any atom is 0.347 e. The Labute approximate surface area is 164 Å². The van der Waals surface area contributed by atoms with Gasteiger partial charge in [0.25, 0.3) is 5.56 Å². The summed E-state index contributed by atoms with van der Waals surface area (Å²) in [6.45, 7) is 7.48. The molecule has 1 aromatic heterocycles. The zero-order valence-electron chi connectivity index (χ0n) is 16.9. The Morgan fingerprint density at radius 1 is 1.18 bits per heavy atom. The highest BCUT2D eigenvalue weighted by Crippen LogP contribution is 2.13. The molecular weight excluding hydrogens is 358 g/mol. The van der Waals surface area contributed by atoms with Crippen LogP contribution in [-0.2, 0) is 13.1 Å². The van der Waals surface area contributed by atoms with Gasteiger partial charge in [0.1, 0.15) is 5.75 Å². The lowest BCUT2D eigenvalue weighted by Crippen LogP contribution is -2.46. The zero-order valence-corrected chi connectivity index (χ0v) is 16.9. The fraction of sp³-hybridized carbons (Fsp3) is 0.550. The van der Waals surface area contributed by atoms with Crippen molar-refractivity contribution in [1.29, 1.82) is 0 Å². The van der Waals surface area contributed by atoms with E-state index in [-0.39, 0.29) is 17.4 Å². The molecule has 28 heavy (non-hydrogen) atoms. The second-order valence-corrected chi connectivity index (χ2v) is 7.06. The maximum absolute atomic E-state index is 12.7. The predicted molar refractivity (Wildman–Crippen MR) is 109 cm³/mol. The van der Waals surface area contributed by atoms with E-state index in [0.29, 0.717) is 13.1 Å². The number of hydrogen-bond donors (Lipinski definition) is 1. The van der Waals surface area contributed by atoms with E-state index < -0.39 is 5.69 Å². The first-order valence-electron chi connectivity index (χ1n) is 9.89. The number of rotatable bonds is 7. The molecule has 1 atom stereocenters. The lowest BCUT2D eigenvalue weighted by Gasteiger charge is -2.32. The second-order valence-electron chi connectivity index (χ2n) is 7.06. The lowest BCUT2D eigenvalue weighted by atomic mass is 10.1. The molecule has 0 radical (unpaired) electrons. The molecule has 0 aliphatic carbocycles. The molecular formula is C20H29N5O3. The molecule has 2 heterocycles. The summed E-state index contributed by atoms with van der Waals surface area (Å²) in [5, 5.41) is 7.67. The monoisotopic (exact) mass is 387 g/mol. The van der Waals surface area contributed by atoms with E-state index in [1.165, 1.54) is 9.25 Å². The normalized spacial score (nSPS) is 17.5. The molecule has 0 spiro atoms. The minimum Gasteiger partial charge on any atom is -0.497 e. The summed E-state index contributed by atoms with van der Waals surface area (Å²) < 4.78 is 7.77. The highest BCUT2D eigenvalue weighted by Gasteiger charge is 2.21. The number of methoxy groups -OCH3 is 1. The summed E-state index contributed by atoms with van der Waals surface area (Å²) in [7, 11) is 1.61. The fourth-order valence-corrected chi connectivity index (χ4v) is 3.59. The van der Waals surface area contributed by atoms with Crippen molar-refractivity contribution in [1.82, 2.24) is 19.2 Å². The quantitative estimate of drug-likeness (QED) is 0.773. The van der Waals surface area contributed by atoms with Crippen LogP contribution in [0.3, 0.4) is 0 Å². The summed E-state index contributed by atoms with van der Waals surface area (Å²) in [4.78, 5) is 27.8. The number of likely N-dealkylation sites (tertiary alicyclic amines) is 1. The Morgan fingerprint density at radius 3 is 2.57 bits per heavy atom. The number of anilines is 1. The molecule has 1 saturated heterocycles. The molecule has 1 aliphatic heterocycles. The van der Waals surface area contributed by atoms with Gasteiger partial charge >= 0.3 is 5.69 Å². The Bertz CT molecular complexity index is 904. The van der Waals surface area contributed by atoms with Gasteiger partial charge in [-0.05, 0) is 50.6 Å². The first-order chi connectivity index (χ1) is 13.5. The van der Waals surface area contributed by atoms with Gasteiger partial charge in [-0.1, -0.05) is 19.1 Å². The van der Waals surface area contributed by atoms with Crippen LogP contribution in [0.2, 0.25) is 0 Å². The summed E-state index contributed by atoms with van der Waals surface area (Å²) in [5.41, 5.74) is 0.164. The van der Waals surface area contributed by atoms with Gasteiger partial charge in [-0.15, -0.1) is 5.10 Å². The van der Waals surface area contributed by atoms with Crippen molar-refractivity contribution in [3.63, 3.8) is 0 Å². The van der Waals surface area contributed by atoms with Crippen molar-refractivity contribution < 1.29 is 4.74 Å². The smallest absolute Gasteiger partial charge is 0.347 e. The van der Waals surface area contributed by atoms with Gasteiger partial charge in [-0.25, -0.2) is 9.48 Å². The first-order valence-corrected chi connectivity index (χ1v) is 9.89. The Morgan fingerprint density at radius 2 is 1.93 bits per heavy atom. The van der Waals surface area contributed by atoms with Crippen molar-refractivity contribution in [2.45, 2.75) is 45.8 Å². The molecule has 0 unspecified atom stereocenters. The van der Waals surface area contributed by atoms with E-state index in [9.17, 15) is 9.59 Å². The molecule has 8 heteroatoms. The Kier molecular flexibility index (Phi) is 6.51. The molecule has 2 aromatic rings. The van der Waals surface area contributed by atoms with Gasteiger partial charge in [-0.2, -0.15) is 0 Å². The van der Waals surface area contributed by atoms with Crippen LogP contribution in [0.4, 0.5) is 5.82 Å². The number of benzene rings is 1. The molecule has 0 amide bonds. The van der Waals surface area contributed by atoms with E-state index in [4.69, 9.17) is 4.74 Å². The fourth-order valence-electron chi connectivity index (χ4n) is 3.59. The maximum atomic E-state index is 12.7. The molecule has 1 aliphatic rings. The van der Waals surface area contributed by atoms with Crippen LogP contribution in [-0.4, -0.2) is 52.0 Å². The third kappa shape index (κ3) is 4.44. The van der Waals surface area contributed by atoms with Crippen LogP contribution in [0.15, 0.2) is 33.9 Å². The Hall–Kier alpha value is -2.61. The highest BCUT2D eigenvalue weighted by atomic mass is 16.5. The average Bonchev–Trinajstić information content (AvgIpc) is 2.72. The van der Waals surface area contributed by atoms with Gasteiger partial charge in [0.2, 0.25) is 5.82 Å². The summed E-state index contributed by atoms with van der Waals surface area (Å²) in [6.07, 6.45) is 2.07. The van der Waals surface area contributed by atoms with E-state index >= 15 is 0 Å². The van der Waals surface area contributed by atoms with Gasteiger partial charge in [0, 0.05) is 19.1 Å². The number of hydrogen-bond acceptors (Lipinski definition) is 6. The summed E-state index contributed by atoms with van der Waals surface area (Å²) in [5.74, 6) is 1.00. The average molecular weight is 387 g/mol. The number of aromatic nitrogens is 3. The lowest BCUT2D eigenvalue weighted by molar-refractivity contribution is 0.226. The van der Waals surface area contributed by atoms with Crippen LogP contribution in [0.5, 0.6) is 5.75 Å². The van der Waals surface area contributed by atoms with E-state index in [0.717, 1.165) is 43.8 Å². The van der Waals surface area contributed by atoms with Gasteiger partial charge in [-0.3, -0.25) is 9.36 Å². The van der Waals surface area contributed by atoms with E-state index in [1.807, 2.05) is 24.3 Å². The van der Waals surface area contributed by atoms with Crippen LogP contribution in [0, 0.1) is 0 Å². The van der Waals surface area contributed by atoms with E-state index in [2.05, 4.69) is 22.2 Å². The number of nitrogens with zero attached hydrogens (tertiary/aromatic N) is 4. The SMILES string of the molecule is CCN1CCC[C@@H](Nc2nn(Cc3ccc(OC)cc3)c(=O)n(CC)c2=O)C1. The van der Waals surface area contributed by atoms with Crippen molar-refractivity contribution in [3.05, 3.63) is 50.7 Å². The molecule has 1 N–H and O–H groups in total. The molecule has 0 bridgehead atoms. The van der Waals surface area contributed by atoms with Crippen molar-refractivity contribution in [2.75, 3.05) is 32.1 Å². The number of piperidine rings is 1. The Balaban J connectivity index is 1.88. The molecule has 1 fully saturated rings. The van der Waals surface area contributed by atoms with Crippen LogP contribution < -0.4 is 21.3 Å². The highest BCUT2D eigenvalue weighted by molar-refractivity contribution is 5.32. The van der Waals surface area contributed by atoms with Gasteiger partial charge < -0.3 is 15.0 Å². The van der Waals surface area contributed by atoms with Crippen molar-refractivity contribution in [3.8, 4) is 5.75 Å². The van der Waals surface area contributed by atoms with Crippen LogP contribution in [0.1, 0.15) is 32.3 Å². The van der Waals surface area contributed by atoms with Gasteiger partial charge in [0.15, 0.2) is 0 Å². The third-order valence-electron chi connectivity index (χ3n) is 5.22. The molecule has 8 nitrogen and oxygen atoms in total. The molecule has 152 valence electrons. The largest absolute Gasteiger partial charge is 0.497 e. The van der Waals surface area contributed by atoms with Crippen molar-refractivity contribution >= 4 is 5.82 Å². The standard InChI is InChI=1S/C20H29N5O3/c1-4-23-12-6-7-16(14-23)21-18-19(26)24(5-2)20(27)25(22-18)13-15-8-10-17(28-3)11-9-15/h8-11,16H,4-7,12-14H2,1-3H3,(H,21,22)/t16-/m1/s1. The molecule has 1 aromatic carbocycles. The minimum absolute atomic E-state index is 0.158. The minimum atomic E-state index is -0.396. The number of nitrogens with one attached hydrogen (secondary N) is 1. The topological polar surface area (TPSA) is 81.4 Å². The van der Waals surface area contributed by atoms with E-state index in [1.54, 1.807) is 14.0 Å². The summed E-state index contributed by atoms with van der Waals surface area (Å²) in [6, 6.07) is 7.63. The number of ether oxygens (including phenoxy) is 1. The number of likely N-dealkylation sites (N-methyl/N-ethyl adjacent to an activating group) is 1. The van der Waals surface area contributed by atoms with Crippen molar-refractivity contribution in [2.24, 2.45) is 0 Å². The summed E-state index contributed by atoms with van der Waals surface area (Å²) >= 11 is 0. The first kappa shape index (κ1) is 20.1. The zero-order chi connectivity index (χ0) is 20.1. The molecule has 0 saturated carbocycles. The predicted octanol–water partition coefficient (Wildman–Crippen LogP) is 1.38. The third-order valence-corrected chi connectivity index (χ3v) is 5.22.